The standard InChI is InChI=1S/C22H27N3O6S2/c1-17-7-9-19(10-8-17)33(30,31)25(13-14-32-16-18-5-3-2-4-6-18)12-11-23-21(28)22(29)24-15-20(26)27/h2-10H,11-16H2,1H3,(H,23,28)(H,24,29)(H,26,27). The number of aliphatic carboxylic acids is 1. The molecule has 0 fully saturated rings. The molecule has 0 atom stereocenters. The van der Waals surface area contributed by atoms with Crippen molar-refractivity contribution in [2.75, 3.05) is 31.9 Å². The Morgan fingerprint density at radius 1 is 0.939 bits per heavy atom. The number of nitrogens with one attached hydrogen (secondary N) is 2. The predicted octanol–water partition coefficient (Wildman–Crippen LogP) is 1.24. The molecule has 0 aromatic heterocycles. The molecule has 178 valence electrons. The smallest absolute Gasteiger partial charge is 0.322 e. The van der Waals surface area contributed by atoms with E-state index in [0.29, 0.717) is 5.75 Å². The number of sulfonamides is 1. The molecule has 2 aromatic carbocycles. The van der Waals surface area contributed by atoms with Crippen molar-refractivity contribution in [1.82, 2.24) is 14.9 Å². The average Bonchev–Trinajstić information content (AvgIpc) is 2.79. The highest BCUT2D eigenvalue weighted by Crippen LogP contribution is 2.18. The Bertz CT molecular complexity index is 1040. The van der Waals surface area contributed by atoms with E-state index in [1.165, 1.54) is 16.4 Å². The highest BCUT2D eigenvalue weighted by Gasteiger charge is 2.24. The highest BCUT2D eigenvalue weighted by atomic mass is 32.2. The summed E-state index contributed by atoms with van der Waals surface area (Å²) >= 11 is 1.59. The fraction of sp³-hybridized carbons (Fsp3) is 0.318. The number of carbonyl (C=O) groups excluding carboxylic acids is 2. The van der Waals surface area contributed by atoms with Crippen LogP contribution in [0.25, 0.3) is 0 Å². The molecule has 9 nitrogen and oxygen atoms in total. The number of benzene rings is 2. The first-order chi connectivity index (χ1) is 15.7. The summed E-state index contributed by atoms with van der Waals surface area (Å²) in [4.78, 5) is 34.1. The second kappa shape index (κ2) is 13.0. The van der Waals surface area contributed by atoms with Crippen molar-refractivity contribution in [2.24, 2.45) is 0 Å². The molecule has 0 aliphatic heterocycles. The zero-order chi connectivity index (χ0) is 24.3. The summed E-state index contributed by atoms with van der Waals surface area (Å²) in [6.07, 6.45) is 0. The van der Waals surface area contributed by atoms with E-state index in [4.69, 9.17) is 5.11 Å². The quantitative estimate of drug-likeness (QED) is 0.299. The van der Waals surface area contributed by atoms with Gasteiger partial charge in [-0.15, -0.1) is 0 Å². The second-order valence-electron chi connectivity index (χ2n) is 7.09. The molecule has 0 saturated heterocycles. The van der Waals surface area contributed by atoms with Gasteiger partial charge in [0.15, 0.2) is 0 Å². The van der Waals surface area contributed by atoms with Crippen molar-refractivity contribution >= 4 is 39.6 Å². The highest BCUT2D eigenvalue weighted by molar-refractivity contribution is 7.98. The summed E-state index contributed by atoms with van der Waals surface area (Å²) in [6, 6.07) is 16.3. The fourth-order valence-corrected chi connectivity index (χ4v) is 5.23. The van der Waals surface area contributed by atoms with Gasteiger partial charge in [-0.05, 0) is 24.6 Å². The van der Waals surface area contributed by atoms with Gasteiger partial charge in [0.2, 0.25) is 10.0 Å². The third-order valence-electron chi connectivity index (χ3n) is 4.51. The van der Waals surface area contributed by atoms with Gasteiger partial charge in [0.05, 0.1) is 4.90 Å². The molecule has 2 amide bonds. The van der Waals surface area contributed by atoms with Crippen LogP contribution in [0.15, 0.2) is 59.5 Å². The van der Waals surface area contributed by atoms with Gasteiger partial charge < -0.3 is 15.7 Å². The zero-order valence-corrected chi connectivity index (χ0v) is 19.8. The molecule has 0 unspecified atom stereocenters. The molecule has 11 heteroatoms. The normalized spacial score (nSPS) is 11.2. The molecule has 2 rings (SSSR count). The summed E-state index contributed by atoms with van der Waals surface area (Å²) in [5.41, 5.74) is 2.06. The van der Waals surface area contributed by atoms with E-state index in [-0.39, 0.29) is 24.5 Å². The van der Waals surface area contributed by atoms with Crippen LogP contribution in [0.3, 0.4) is 0 Å². The topological polar surface area (TPSA) is 133 Å². The Morgan fingerprint density at radius 2 is 1.58 bits per heavy atom. The minimum Gasteiger partial charge on any atom is -0.480 e. The molecule has 0 aliphatic carbocycles. The first-order valence-electron chi connectivity index (χ1n) is 10.2. The lowest BCUT2D eigenvalue weighted by Gasteiger charge is -2.22. The van der Waals surface area contributed by atoms with E-state index < -0.39 is 34.4 Å². The van der Waals surface area contributed by atoms with Gasteiger partial charge in [-0.25, -0.2) is 8.42 Å². The van der Waals surface area contributed by atoms with E-state index in [0.717, 1.165) is 16.9 Å². The number of hydrogen-bond acceptors (Lipinski definition) is 6. The van der Waals surface area contributed by atoms with Crippen LogP contribution in [0.2, 0.25) is 0 Å². The van der Waals surface area contributed by atoms with Crippen molar-refractivity contribution in [1.29, 1.82) is 0 Å². The summed E-state index contributed by atoms with van der Waals surface area (Å²) in [5, 5.41) is 12.8. The molecule has 33 heavy (non-hydrogen) atoms. The summed E-state index contributed by atoms with van der Waals surface area (Å²) in [5.74, 6) is -2.13. The Kier molecular flexibility index (Phi) is 10.4. The molecule has 3 N–H and O–H groups in total. The largest absolute Gasteiger partial charge is 0.480 e. The van der Waals surface area contributed by atoms with E-state index >= 15 is 0 Å². The van der Waals surface area contributed by atoms with Crippen molar-refractivity contribution in [3.05, 3.63) is 65.7 Å². The van der Waals surface area contributed by atoms with Gasteiger partial charge in [-0.2, -0.15) is 16.1 Å². The molecule has 0 saturated carbocycles. The number of rotatable bonds is 12. The summed E-state index contributed by atoms with van der Waals surface area (Å²) < 4.78 is 27.6. The van der Waals surface area contributed by atoms with Crippen molar-refractivity contribution in [2.45, 2.75) is 17.6 Å². The lowest BCUT2D eigenvalue weighted by Crippen LogP contribution is -2.45. The van der Waals surface area contributed by atoms with Crippen LogP contribution >= 0.6 is 11.8 Å². The van der Waals surface area contributed by atoms with Crippen LogP contribution in [0.1, 0.15) is 11.1 Å². The van der Waals surface area contributed by atoms with Crippen molar-refractivity contribution < 1.29 is 27.9 Å². The van der Waals surface area contributed by atoms with Gasteiger partial charge in [0.1, 0.15) is 6.54 Å². The molecular formula is C22H27N3O6S2. The lowest BCUT2D eigenvalue weighted by molar-refractivity contribution is -0.142. The third kappa shape index (κ3) is 8.87. The van der Waals surface area contributed by atoms with Crippen LogP contribution < -0.4 is 10.6 Å². The number of carboxylic acids is 1. The summed E-state index contributed by atoms with van der Waals surface area (Å²) in [6.45, 7) is 1.25. The third-order valence-corrected chi connectivity index (χ3v) is 7.43. The maximum absolute atomic E-state index is 13.2. The number of thioether (sulfide) groups is 1. The monoisotopic (exact) mass is 493 g/mol. The average molecular weight is 494 g/mol. The van der Waals surface area contributed by atoms with Crippen LogP contribution in [-0.4, -0.2) is 67.5 Å². The Morgan fingerprint density at radius 3 is 2.21 bits per heavy atom. The molecule has 2 aromatic rings. The fourth-order valence-electron chi connectivity index (χ4n) is 2.75. The van der Waals surface area contributed by atoms with E-state index in [1.807, 2.05) is 42.6 Å². The number of amides is 2. The van der Waals surface area contributed by atoms with E-state index in [9.17, 15) is 22.8 Å². The van der Waals surface area contributed by atoms with Gasteiger partial charge in [0.25, 0.3) is 0 Å². The van der Waals surface area contributed by atoms with Crippen LogP contribution in [0, 0.1) is 6.92 Å². The second-order valence-corrected chi connectivity index (χ2v) is 10.1. The van der Waals surface area contributed by atoms with Gasteiger partial charge in [-0.1, -0.05) is 48.0 Å². The van der Waals surface area contributed by atoms with Crippen molar-refractivity contribution in [3.63, 3.8) is 0 Å². The number of hydrogen-bond donors (Lipinski definition) is 3. The lowest BCUT2D eigenvalue weighted by atomic mass is 10.2. The number of carboxylic acid groups (broad SMARTS) is 1. The number of nitrogens with zero attached hydrogens (tertiary/aromatic N) is 1. The zero-order valence-electron chi connectivity index (χ0n) is 18.2. The predicted molar refractivity (Wildman–Crippen MR) is 126 cm³/mol. The van der Waals surface area contributed by atoms with Crippen LogP contribution in [0.4, 0.5) is 0 Å². The van der Waals surface area contributed by atoms with Crippen LogP contribution in [0.5, 0.6) is 0 Å². The van der Waals surface area contributed by atoms with E-state index in [1.54, 1.807) is 23.9 Å². The molecule has 0 spiro atoms. The Hall–Kier alpha value is -2.89. The SMILES string of the molecule is Cc1ccc(S(=O)(=O)N(CCNC(=O)C(=O)NCC(=O)O)CCSCc2ccccc2)cc1. The molecular weight excluding hydrogens is 466 g/mol. The van der Waals surface area contributed by atoms with E-state index in [2.05, 4.69) is 5.32 Å². The van der Waals surface area contributed by atoms with Gasteiger partial charge in [0, 0.05) is 31.1 Å². The Balaban J connectivity index is 1.98. The maximum atomic E-state index is 13.2. The van der Waals surface area contributed by atoms with Crippen LogP contribution in [-0.2, 0) is 30.2 Å². The van der Waals surface area contributed by atoms with Gasteiger partial charge in [-0.3, -0.25) is 14.4 Å². The first-order valence-corrected chi connectivity index (χ1v) is 12.8. The minimum atomic E-state index is -3.81. The molecule has 0 bridgehead atoms. The van der Waals surface area contributed by atoms with Gasteiger partial charge >= 0.3 is 17.8 Å². The summed E-state index contributed by atoms with van der Waals surface area (Å²) in [7, 11) is -3.81. The number of aryl methyl sites for hydroxylation is 1. The minimum absolute atomic E-state index is 0.0416. The van der Waals surface area contributed by atoms with Crippen molar-refractivity contribution in [3.8, 4) is 0 Å². The maximum Gasteiger partial charge on any atom is 0.322 e. The molecule has 0 aliphatic rings. The molecule has 0 heterocycles. The first kappa shape index (κ1) is 26.4. The Labute approximate surface area is 197 Å². The number of carbonyl (C=O) groups is 3. The molecule has 0 radical (unpaired) electrons.